The molecule has 0 atom stereocenters. The van der Waals surface area contributed by atoms with Crippen molar-refractivity contribution in [2.75, 3.05) is 5.32 Å². The number of aromatic nitrogens is 2. The summed E-state index contributed by atoms with van der Waals surface area (Å²) >= 11 is 0. The van der Waals surface area contributed by atoms with Crippen LogP contribution in [0.1, 0.15) is 25.3 Å². The van der Waals surface area contributed by atoms with Crippen LogP contribution >= 0.6 is 0 Å². The zero-order valence-corrected chi connectivity index (χ0v) is 14.2. The van der Waals surface area contributed by atoms with Gasteiger partial charge in [0, 0.05) is 11.1 Å². The van der Waals surface area contributed by atoms with Crippen molar-refractivity contribution >= 4 is 22.4 Å². The number of aryl methyl sites for hydroxylation is 1. The second kappa shape index (κ2) is 7.75. The van der Waals surface area contributed by atoms with Crippen LogP contribution in [0.25, 0.3) is 10.8 Å². The third-order valence-corrected chi connectivity index (χ3v) is 4.11. The number of rotatable bonds is 6. The first-order chi connectivity index (χ1) is 12.2. The van der Waals surface area contributed by atoms with Gasteiger partial charge in [0.05, 0.1) is 11.6 Å². The molecule has 1 N–H and O–H groups in total. The molecule has 0 spiro atoms. The van der Waals surface area contributed by atoms with Gasteiger partial charge in [-0.1, -0.05) is 43.7 Å². The first-order valence-electron chi connectivity index (χ1n) is 8.51. The summed E-state index contributed by atoms with van der Waals surface area (Å²) in [5.74, 6) is -0.272. The normalized spacial score (nSPS) is 10.8. The van der Waals surface area contributed by atoms with Gasteiger partial charge in [0.15, 0.2) is 0 Å². The Kier molecular flexibility index (Phi) is 5.23. The molecule has 1 amide bonds. The van der Waals surface area contributed by atoms with E-state index in [0.717, 1.165) is 30.3 Å². The lowest BCUT2D eigenvalue weighted by atomic mass is 10.1. The van der Waals surface area contributed by atoms with Crippen molar-refractivity contribution in [2.45, 2.75) is 32.7 Å². The van der Waals surface area contributed by atoms with Gasteiger partial charge in [0.25, 0.3) is 5.56 Å². The third kappa shape index (κ3) is 4.12. The van der Waals surface area contributed by atoms with Crippen LogP contribution in [0.2, 0.25) is 0 Å². The molecular formula is C20H21N3O2. The number of hydrogen-bond acceptors (Lipinski definition) is 3. The number of fused-ring (bicyclic) bond motifs is 1. The van der Waals surface area contributed by atoms with Crippen LogP contribution in [-0.4, -0.2) is 15.7 Å². The standard InChI is InChI=1S/C20H21N3O2/c1-2-3-6-15-9-11-17(12-10-15)22-19(24)14-23-20(25)18-8-5-4-7-16(18)13-21-23/h4-5,7-13H,2-3,6,14H2,1H3,(H,22,24). The third-order valence-electron chi connectivity index (χ3n) is 4.11. The van der Waals surface area contributed by atoms with Crippen molar-refractivity contribution in [1.29, 1.82) is 0 Å². The number of benzene rings is 2. The summed E-state index contributed by atoms with van der Waals surface area (Å²) in [4.78, 5) is 24.6. The molecule has 25 heavy (non-hydrogen) atoms. The van der Waals surface area contributed by atoms with Gasteiger partial charge in [0.2, 0.25) is 5.91 Å². The Morgan fingerprint density at radius 3 is 2.64 bits per heavy atom. The molecule has 1 heterocycles. The molecular weight excluding hydrogens is 314 g/mol. The molecule has 0 bridgehead atoms. The van der Waals surface area contributed by atoms with Gasteiger partial charge >= 0.3 is 0 Å². The smallest absolute Gasteiger partial charge is 0.275 e. The first-order valence-corrected chi connectivity index (χ1v) is 8.51. The van der Waals surface area contributed by atoms with Crippen LogP contribution in [0, 0.1) is 0 Å². The van der Waals surface area contributed by atoms with Crippen LogP contribution in [0.4, 0.5) is 5.69 Å². The molecule has 5 nitrogen and oxygen atoms in total. The molecule has 0 aliphatic rings. The van der Waals surface area contributed by atoms with Crippen molar-refractivity contribution in [1.82, 2.24) is 9.78 Å². The predicted octanol–water partition coefficient (Wildman–Crippen LogP) is 3.38. The fourth-order valence-electron chi connectivity index (χ4n) is 2.71. The second-order valence-electron chi connectivity index (χ2n) is 6.04. The number of anilines is 1. The van der Waals surface area contributed by atoms with Crippen LogP contribution in [0.3, 0.4) is 0 Å². The fourth-order valence-corrected chi connectivity index (χ4v) is 2.71. The van der Waals surface area contributed by atoms with Crippen molar-refractivity contribution in [3.8, 4) is 0 Å². The molecule has 2 aromatic carbocycles. The van der Waals surface area contributed by atoms with E-state index in [1.54, 1.807) is 18.3 Å². The Morgan fingerprint density at radius 2 is 1.88 bits per heavy atom. The summed E-state index contributed by atoms with van der Waals surface area (Å²) in [5.41, 5.74) is 1.72. The number of nitrogens with zero attached hydrogens (tertiary/aromatic N) is 2. The maximum atomic E-state index is 12.4. The summed E-state index contributed by atoms with van der Waals surface area (Å²) in [6.07, 6.45) is 4.96. The van der Waals surface area contributed by atoms with Gasteiger partial charge in [-0.25, -0.2) is 4.68 Å². The quantitative estimate of drug-likeness (QED) is 0.751. The van der Waals surface area contributed by atoms with Crippen LogP contribution in [0.5, 0.6) is 0 Å². The molecule has 1 aromatic heterocycles. The first kappa shape index (κ1) is 16.9. The molecule has 3 aromatic rings. The Hall–Kier alpha value is -2.95. The Balaban J connectivity index is 1.68. The van der Waals surface area contributed by atoms with E-state index >= 15 is 0 Å². The average Bonchev–Trinajstić information content (AvgIpc) is 2.64. The minimum absolute atomic E-state index is 0.110. The molecule has 0 fully saturated rings. The summed E-state index contributed by atoms with van der Waals surface area (Å²) in [6.45, 7) is 2.05. The maximum Gasteiger partial charge on any atom is 0.275 e. The number of amides is 1. The highest BCUT2D eigenvalue weighted by molar-refractivity contribution is 5.90. The van der Waals surface area contributed by atoms with Gasteiger partial charge in [-0.15, -0.1) is 0 Å². The number of carbonyl (C=O) groups excluding carboxylic acids is 1. The highest BCUT2D eigenvalue weighted by Gasteiger charge is 2.08. The summed E-state index contributed by atoms with van der Waals surface area (Å²) < 4.78 is 1.19. The summed E-state index contributed by atoms with van der Waals surface area (Å²) in [7, 11) is 0. The van der Waals surface area contributed by atoms with Crippen molar-refractivity contribution in [3.05, 3.63) is 70.6 Å². The molecule has 0 aliphatic heterocycles. The summed E-state index contributed by atoms with van der Waals surface area (Å²) in [6, 6.07) is 15.0. The molecule has 3 rings (SSSR count). The van der Waals surface area contributed by atoms with Crippen LogP contribution in [-0.2, 0) is 17.8 Å². The number of unbranched alkanes of at least 4 members (excludes halogenated alkanes) is 1. The van der Waals surface area contributed by atoms with Gasteiger partial charge in [-0.3, -0.25) is 9.59 Å². The van der Waals surface area contributed by atoms with E-state index in [1.165, 1.54) is 10.2 Å². The van der Waals surface area contributed by atoms with E-state index in [4.69, 9.17) is 0 Å². The zero-order chi connectivity index (χ0) is 17.6. The lowest BCUT2D eigenvalue weighted by Crippen LogP contribution is -2.29. The molecule has 0 aliphatic carbocycles. The van der Waals surface area contributed by atoms with Gasteiger partial charge in [-0.05, 0) is 36.6 Å². The van der Waals surface area contributed by atoms with E-state index in [9.17, 15) is 9.59 Å². The zero-order valence-electron chi connectivity index (χ0n) is 14.2. The van der Waals surface area contributed by atoms with E-state index in [2.05, 4.69) is 17.3 Å². The highest BCUT2D eigenvalue weighted by atomic mass is 16.2. The molecule has 0 saturated heterocycles. The van der Waals surface area contributed by atoms with Crippen LogP contribution < -0.4 is 10.9 Å². The molecule has 0 saturated carbocycles. The fraction of sp³-hybridized carbons (Fsp3) is 0.250. The van der Waals surface area contributed by atoms with Crippen molar-refractivity contribution < 1.29 is 4.79 Å². The number of carbonyl (C=O) groups is 1. The second-order valence-corrected chi connectivity index (χ2v) is 6.04. The maximum absolute atomic E-state index is 12.4. The van der Waals surface area contributed by atoms with Crippen molar-refractivity contribution in [3.63, 3.8) is 0 Å². The predicted molar refractivity (Wildman–Crippen MR) is 99.7 cm³/mol. The van der Waals surface area contributed by atoms with Crippen LogP contribution in [0.15, 0.2) is 59.5 Å². The molecule has 5 heteroatoms. The lowest BCUT2D eigenvalue weighted by Gasteiger charge is -2.08. The molecule has 0 radical (unpaired) electrons. The highest BCUT2D eigenvalue weighted by Crippen LogP contribution is 2.12. The monoisotopic (exact) mass is 335 g/mol. The van der Waals surface area contributed by atoms with Crippen molar-refractivity contribution in [2.24, 2.45) is 0 Å². The van der Waals surface area contributed by atoms with E-state index in [1.807, 2.05) is 36.4 Å². The van der Waals surface area contributed by atoms with Gasteiger partial charge in [0.1, 0.15) is 6.54 Å². The topological polar surface area (TPSA) is 64.0 Å². The molecule has 0 unspecified atom stereocenters. The minimum atomic E-state index is -0.272. The van der Waals surface area contributed by atoms with E-state index in [-0.39, 0.29) is 18.0 Å². The number of nitrogens with one attached hydrogen (secondary N) is 1. The van der Waals surface area contributed by atoms with Gasteiger partial charge in [-0.2, -0.15) is 5.10 Å². The Bertz CT molecular complexity index is 930. The Labute approximate surface area is 146 Å². The molecule has 128 valence electrons. The minimum Gasteiger partial charge on any atom is -0.324 e. The lowest BCUT2D eigenvalue weighted by molar-refractivity contribution is -0.117. The summed E-state index contributed by atoms with van der Waals surface area (Å²) in [5, 5.41) is 8.22. The van der Waals surface area contributed by atoms with E-state index < -0.39 is 0 Å². The number of hydrogen-bond donors (Lipinski definition) is 1. The Morgan fingerprint density at radius 1 is 1.12 bits per heavy atom. The SMILES string of the molecule is CCCCc1ccc(NC(=O)Cn2ncc3ccccc3c2=O)cc1. The largest absolute Gasteiger partial charge is 0.324 e. The average molecular weight is 335 g/mol. The van der Waals surface area contributed by atoms with E-state index in [0.29, 0.717) is 5.39 Å². The van der Waals surface area contributed by atoms with Gasteiger partial charge < -0.3 is 5.32 Å².